The predicted octanol–water partition coefficient (Wildman–Crippen LogP) is 2.79. The highest BCUT2D eigenvalue weighted by molar-refractivity contribution is 5.93. The first kappa shape index (κ1) is 15.8. The van der Waals surface area contributed by atoms with Crippen LogP contribution in [0.2, 0.25) is 0 Å². The third-order valence-electron chi connectivity index (χ3n) is 2.71. The van der Waals surface area contributed by atoms with Crippen molar-refractivity contribution in [3.63, 3.8) is 0 Å². The second-order valence-corrected chi connectivity index (χ2v) is 4.21. The summed E-state index contributed by atoms with van der Waals surface area (Å²) in [5.41, 5.74) is -1.55. The largest absolute Gasteiger partial charge is 0.413 e. The minimum absolute atomic E-state index is 0.270. The molecule has 1 amide bonds. The number of amides is 1. The average molecular weight is 317 g/mol. The highest BCUT2D eigenvalue weighted by atomic mass is 19.4. The minimum atomic E-state index is -5.09. The van der Waals surface area contributed by atoms with Gasteiger partial charge in [-0.05, 0) is 12.1 Å². The minimum Gasteiger partial charge on any atom is -0.336 e. The molecule has 0 aliphatic carbocycles. The number of benzene rings is 1. The van der Waals surface area contributed by atoms with Gasteiger partial charge in [0.25, 0.3) is 5.91 Å². The Kier molecular flexibility index (Phi) is 4.34. The Balaban J connectivity index is 2.39. The summed E-state index contributed by atoms with van der Waals surface area (Å²) in [6.45, 7) is 0. The van der Waals surface area contributed by atoms with Crippen molar-refractivity contribution in [2.75, 3.05) is 0 Å². The number of alkyl halides is 3. The molecule has 1 atom stereocenters. The Morgan fingerprint density at radius 2 is 1.64 bits per heavy atom. The molecule has 0 radical (unpaired) electrons. The molecule has 0 spiro atoms. The van der Waals surface area contributed by atoms with Crippen molar-refractivity contribution < 1.29 is 26.7 Å². The maximum atomic E-state index is 13.6. The van der Waals surface area contributed by atoms with E-state index < -0.39 is 35.3 Å². The van der Waals surface area contributed by atoms with Gasteiger partial charge in [0.1, 0.15) is 18.0 Å². The number of carbonyl (C=O) groups is 1. The van der Waals surface area contributed by atoms with Crippen molar-refractivity contribution in [3.8, 4) is 0 Å². The van der Waals surface area contributed by atoms with E-state index in [1.807, 2.05) is 0 Å². The molecule has 116 valence electrons. The molecule has 0 saturated carbocycles. The summed E-state index contributed by atoms with van der Waals surface area (Å²) in [7, 11) is 0. The molecule has 0 fully saturated rings. The summed E-state index contributed by atoms with van der Waals surface area (Å²) >= 11 is 0. The fraction of sp³-hybridized carbons (Fsp3) is 0.154. The van der Waals surface area contributed by atoms with Gasteiger partial charge in [-0.15, -0.1) is 0 Å². The second kappa shape index (κ2) is 6.04. The summed E-state index contributed by atoms with van der Waals surface area (Å²) in [6, 6.07) is -0.556. The molecule has 0 bridgehead atoms. The van der Waals surface area contributed by atoms with Gasteiger partial charge >= 0.3 is 6.18 Å². The third kappa shape index (κ3) is 3.35. The number of aromatic nitrogens is 2. The number of hydrogen-bond acceptors (Lipinski definition) is 3. The number of hydrogen-bond donors (Lipinski definition) is 1. The van der Waals surface area contributed by atoms with Crippen molar-refractivity contribution in [1.29, 1.82) is 0 Å². The lowest BCUT2D eigenvalue weighted by molar-refractivity contribution is -0.156. The lowest BCUT2D eigenvalue weighted by Gasteiger charge is -2.22. The normalized spacial score (nSPS) is 12.8. The summed E-state index contributed by atoms with van der Waals surface area (Å²) in [4.78, 5) is 18.7. The predicted molar refractivity (Wildman–Crippen MR) is 64.7 cm³/mol. The molecule has 9 heteroatoms. The molecule has 4 nitrogen and oxygen atoms in total. The number of nitrogens with one attached hydrogen (secondary N) is 1. The SMILES string of the molecule is O=C(NC(c1c(F)cccc1F)C(F)(F)F)c1cncnc1. The Hall–Kier alpha value is -2.58. The van der Waals surface area contributed by atoms with Gasteiger partial charge in [-0.25, -0.2) is 18.7 Å². The van der Waals surface area contributed by atoms with Crippen LogP contribution in [-0.4, -0.2) is 22.1 Å². The van der Waals surface area contributed by atoms with Crippen LogP contribution in [0.5, 0.6) is 0 Å². The van der Waals surface area contributed by atoms with E-state index >= 15 is 0 Å². The van der Waals surface area contributed by atoms with E-state index in [1.165, 1.54) is 0 Å². The number of rotatable bonds is 3. The first-order chi connectivity index (χ1) is 10.3. The van der Waals surface area contributed by atoms with Crippen LogP contribution in [0.3, 0.4) is 0 Å². The van der Waals surface area contributed by atoms with Crippen molar-refractivity contribution >= 4 is 5.91 Å². The maximum Gasteiger partial charge on any atom is 0.413 e. The van der Waals surface area contributed by atoms with Gasteiger partial charge < -0.3 is 5.32 Å². The zero-order valence-electron chi connectivity index (χ0n) is 10.7. The third-order valence-corrected chi connectivity index (χ3v) is 2.71. The van der Waals surface area contributed by atoms with E-state index in [4.69, 9.17) is 0 Å². The van der Waals surface area contributed by atoms with Crippen LogP contribution in [0.1, 0.15) is 22.0 Å². The van der Waals surface area contributed by atoms with Gasteiger partial charge in [0.15, 0.2) is 6.04 Å². The lowest BCUT2D eigenvalue weighted by atomic mass is 10.0. The molecule has 22 heavy (non-hydrogen) atoms. The zero-order valence-corrected chi connectivity index (χ0v) is 10.7. The van der Waals surface area contributed by atoms with E-state index in [0.29, 0.717) is 12.1 Å². The average Bonchev–Trinajstić information content (AvgIpc) is 2.45. The molecule has 1 aromatic heterocycles. The molecule has 0 saturated heterocycles. The molecular weight excluding hydrogens is 309 g/mol. The van der Waals surface area contributed by atoms with E-state index in [1.54, 1.807) is 5.32 Å². The monoisotopic (exact) mass is 317 g/mol. The Morgan fingerprint density at radius 1 is 1.09 bits per heavy atom. The van der Waals surface area contributed by atoms with Gasteiger partial charge in [-0.2, -0.15) is 13.2 Å². The number of carbonyl (C=O) groups excluding carboxylic acids is 1. The lowest BCUT2D eigenvalue weighted by Crippen LogP contribution is -2.39. The molecule has 1 unspecified atom stereocenters. The first-order valence-electron chi connectivity index (χ1n) is 5.87. The van der Waals surface area contributed by atoms with Gasteiger partial charge in [-0.1, -0.05) is 6.07 Å². The van der Waals surface area contributed by atoms with E-state index in [9.17, 15) is 26.7 Å². The van der Waals surface area contributed by atoms with Gasteiger partial charge in [0.2, 0.25) is 0 Å². The van der Waals surface area contributed by atoms with Crippen LogP contribution in [0.25, 0.3) is 0 Å². The fourth-order valence-corrected chi connectivity index (χ4v) is 1.73. The van der Waals surface area contributed by atoms with Crippen molar-refractivity contribution in [2.45, 2.75) is 12.2 Å². The van der Waals surface area contributed by atoms with E-state index in [2.05, 4.69) is 9.97 Å². The summed E-state index contributed by atoms with van der Waals surface area (Å²) < 4.78 is 66.3. The molecule has 1 N–H and O–H groups in total. The highest BCUT2D eigenvalue weighted by Gasteiger charge is 2.44. The van der Waals surface area contributed by atoms with Crippen LogP contribution >= 0.6 is 0 Å². The summed E-state index contributed by atoms with van der Waals surface area (Å²) in [6.07, 6.45) is -2.05. The van der Waals surface area contributed by atoms with E-state index in [-0.39, 0.29) is 5.56 Å². The zero-order chi connectivity index (χ0) is 16.3. The van der Waals surface area contributed by atoms with Crippen LogP contribution in [0, 0.1) is 11.6 Å². The second-order valence-electron chi connectivity index (χ2n) is 4.21. The van der Waals surface area contributed by atoms with Crippen molar-refractivity contribution in [3.05, 3.63) is 59.7 Å². The van der Waals surface area contributed by atoms with Crippen LogP contribution < -0.4 is 5.32 Å². The molecular formula is C13H8F5N3O. The van der Waals surface area contributed by atoms with E-state index in [0.717, 1.165) is 24.8 Å². The van der Waals surface area contributed by atoms with Gasteiger partial charge in [0, 0.05) is 12.4 Å². The van der Waals surface area contributed by atoms with Gasteiger partial charge in [0.05, 0.1) is 11.1 Å². The Labute approximate surface area is 121 Å². The molecule has 0 aliphatic rings. The van der Waals surface area contributed by atoms with Crippen molar-refractivity contribution in [1.82, 2.24) is 15.3 Å². The smallest absolute Gasteiger partial charge is 0.336 e. The molecule has 1 heterocycles. The van der Waals surface area contributed by atoms with Crippen LogP contribution in [0.4, 0.5) is 22.0 Å². The van der Waals surface area contributed by atoms with Crippen molar-refractivity contribution in [2.24, 2.45) is 0 Å². The van der Waals surface area contributed by atoms with Crippen LogP contribution in [0.15, 0.2) is 36.9 Å². The standard InChI is InChI=1S/C13H8F5N3O/c14-8-2-1-3-9(15)10(8)11(13(16,17)18)21-12(22)7-4-19-6-20-5-7/h1-6,11H,(H,21,22). The Bertz CT molecular complexity index is 655. The molecule has 1 aromatic carbocycles. The number of nitrogens with zero attached hydrogens (tertiary/aromatic N) is 2. The summed E-state index contributed by atoms with van der Waals surface area (Å²) in [5.74, 6) is -4.02. The summed E-state index contributed by atoms with van der Waals surface area (Å²) in [5, 5.41) is 1.55. The topological polar surface area (TPSA) is 54.9 Å². The molecule has 2 rings (SSSR count). The maximum absolute atomic E-state index is 13.6. The quantitative estimate of drug-likeness (QED) is 0.886. The Morgan fingerprint density at radius 3 is 2.14 bits per heavy atom. The number of halogens is 5. The fourth-order valence-electron chi connectivity index (χ4n) is 1.73. The molecule has 0 aliphatic heterocycles. The van der Waals surface area contributed by atoms with Crippen LogP contribution in [-0.2, 0) is 0 Å². The molecule has 2 aromatic rings. The van der Waals surface area contributed by atoms with Gasteiger partial charge in [-0.3, -0.25) is 4.79 Å². The highest BCUT2D eigenvalue weighted by Crippen LogP contribution is 2.35. The first-order valence-corrected chi connectivity index (χ1v) is 5.87.